The third-order valence-electron chi connectivity index (χ3n) is 3.09. The van der Waals surface area contributed by atoms with Gasteiger partial charge in [0.05, 0.1) is 0 Å². The number of rotatable bonds is 3. The lowest BCUT2D eigenvalue weighted by Gasteiger charge is -2.38. The van der Waals surface area contributed by atoms with Crippen LogP contribution in [0.3, 0.4) is 0 Å². The van der Waals surface area contributed by atoms with Crippen LogP contribution in [0.1, 0.15) is 54.9 Å². The van der Waals surface area contributed by atoms with Crippen molar-refractivity contribution in [3.8, 4) is 0 Å². The molecule has 0 spiro atoms. The normalized spacial score (nSPS) is 20.1. The van der Waals surface area contributed by atoms with Crippen LogP contribution in [-0.4, -0.2) is 4.75 Å². The lowest BCUT2D eigenvalue weighted by Crippen LogP contribution is -2.34. The molecule has 13 heavy (non-hydrogen) atoms. The molecule has 0 radical (unpaired) electrons. The van der Waals surface area contributed by atoms with E-state index < -0.39 is 0 Å². The maximum atomic E-state index is 4.79. The van der Waals surface area contributed by atoms with Crippen molar-refractivity contribution in [1.29, 1.82) is 0 Å². The molecule has 0 heterocycles. The largest absolute Gasteiger partial charge is 0.172 e. The second kappa shape index (κ2) is 4.25. The summed E-state index contributed by atoms with van der Waals surface area (Å²) in [5.74, 6) is 1.30. The molecule has 0 aromatic rings. The minimum absolute atomic E-state index is 0.160. The molecular weight excluding hydrogens is 176 g/mol. The number of thiol groups is 1. The standard InChI is InChI=1S/C12H26S/c1-9(2)12(7,13)10(3)8-11(4,5)6/h9-10,13H,8H2,1-7H3. The molecule has 0 fully saturated rings. The van der Waals surface area contributed by atoms with Gasteiger partial charge < -0.3 is 0 Å². The van der Waals surface area contributed by atoms with Gasteiger partial charge in [-0.05, 0) is 23.7 Å². The molecule has 2 atom stereocenters. The average Bonchev–Trinajstić information content (AvgIpc) is 1.82. The van der Waals surface area contributed by atoms with Gasteiger partial charge in [-0.25, -0.2) is 0 Å². The Bertz CT molecular complexity index is 151. The van der Waals surface area contributed by atoms with Crippen molar-refractivity contribution in [3.05, 3.63) is 0 Å². The van der Waals surface area contributed by atoms with Crippen LogP contribution >= 0.6 is 12.6 Å². The highest BCUT2D eigenvalue weighted by molar-refractivity contribution is 7.81. The Kier molecular flexibility index (Phi) is 4.36. The quantitative estimate of drug-likeness (QED) is 0.644. The van der Waals surface area contributed by atoms with Crippen LogP contribution < -0.4 is 0 Å². The third-order valence-corrected chi connectivity index (χ3v) is 4.04. The summed E-state index contributed by atoms with van der Waals surface area (Å²) in [5, 5.41) is 0. The van der Waals surface area contributed by atoms with E-state index in [0.717, 1.165) is 0 Å². The van der Waals surface area contributed by atoms with Gasteiger partial charge in [0.2, 0.25) is 0 Å². The molecule has 1 heteroatoms. The van der Waals surface area contributed by atoms with Crippen LogP contribution in [0.4, 0.5) is 0 Å². The monoisotopic (exact) mass is 202 g/mol. The molecule has 2 unspecified atom stereocenters. The van der Waals surface area contributed by atoms with Crippen molar-refractivity contribution in [2.24, 2.45) is 17.3 Å². The summed E-state index contributed by atoms with van der Waals surface area (Å²) in [5.41, 5.74) is 0.415. The molecule has 80 valence electrons. The summed E-state index contributed by atoms with van der Waals surface area (Å²) in [6.07, 6.45) is 1.24. The zero-order chi connectivity index (χ0) is 10.9. The third kappa shape index (κ3) is 4.39. The van der Waals surface area contributed by atoms with Crippen LogP contribution in [0.15, 0.2) is 0 Å². The summed E-state index contributed by atoms with van der Waals surface area (Å²) in [4.78, 5) is 0. The van der Waals surface area contributed by atoms with Gasteiger partial charge in [0.25, 0.3) is 0 Å². The Hall–Kier alpha value is 0.350. The maximum Gasteiger partial charge on any atom is 0.0150 e. The maximum absolute atomic E-state index is 4.79. The fourth-order valence-electron chi connectivity index (χ4n) is 1.69. The molecule has 0 nitrogen and oxygen atoms in total. The Morgan fingerprint density at radius 3 is 1.62 bits per heavy atom. The average molecular weight is 202 g/mol. The SMILES string of the molecule is CC(C)C(C)(S)C(C)CC(C)(C)C. The van der Waals surface area contributed by atoms with Crippen LogP contribution in [0.5, 0.6) is 0 Å². The van der Waals surface area contributed by atoms with E-state index in [1.165, 1.54) is 6.42 Å². The minimum Gasteiger partial charge on any atom is -0.172 e. The Morgan fingerprint density at radius 1 is 1.00 bits per heavy atom. The zero-order valence-corrected chi connectivity index (χ0v) is 11.2. The minimum atomic E-state index is 0.160. The van der Waals surface area contributed by atoms with E-state index in [1.807, 2.05) is 0 Å². The van der Waals surface area contributed by atoms with Crippen LogP contribution in [0, 0.1) is 17.3 Å². The Balaban J connectivity index is 4.34. The molecule has 0 N–H and O–H groups in total. The summed E-state index contributed by atoms with van der Waals surface area (Å²) >= 11 is 4.79. The van der Waals surface area contributed by atoms with Gasteiger partial charge in [-0.2, -0.15) is 12.6 Å². The van der Waals surface area contributed by atoms with Gasteiger partial charge >= 0.3 is 0 Å². The van der Waals surface area contributed by atoms with Crippen molar-refractivity contribution >= 4 is 12.6 Å². The highest BCUT2D eigenvalue weighted by Gasteiger charge is 2.32. The highest BCUT2D eigenvalue weighted by atomic mass is 32.1. The molecule has 0 aliphatic rings. The van der Waals surface area contributed by atoms with Crippen molar-refractivity contribution < 1.29 is 0 Å². The van der Waals surface area contributed by atoms with Crippen molar-refractivity contribution in [3.63, 3.8) is 0 Å². The van der Waals surface area contributed by atoms with Crippen molar-refractivity contribution in [1.82, 2.24) is 0 Å². The summed E-state index contributed by atoms with van der Waals surface area (Å²) in [7, 11) is 0. The second-order valence-electron chi connectivity index (χ2n) is 6.05. The van der Waals surface area contributed by atoms with Gasteiger partial charge in [0, 0.05) is 4.75 Å². The topological polar surface area (TPSA) is 0 Å². The van der Waals surface area contributed by atoms with Crippen LogP contribution in [-0.2, 0) is 0 Å². The number of hydrogen-bond donors (Lipinski definition) is 1. The molecule has 0 aliphatic carbocycles. The fraction of sp³-hybridized carbons (Fsp3) is 1.00. The zero-order valence-electron chi connectivity index (χ0n) is 10.3. The first-order valence-electron chi connectivity index (χ1n) is 5.29. The summed E-state index contributed by atoms with van der Waals surface area (Å²) in [6.45, 7) is 16.0. The van der Waals surface area contributed by atoms with Gasteiger partial charge in [-0.1, -0.05) is 48.5 Å². The Labute approximate surface area is 89.9 Å². The molecule has 0 aromatic heterocycles. The molecule has 0 saturated heterocycles. The fourth-order valence-corrected chi connectivity index (χ4v) is 1.79. The second-order valence-corrected chi connectivity index (χ2v) is 7.01. The first-order chi connectivity index (χ1) is 5.57. The molecule has 0 rings (SSSR count). The molecule has 0 aliphatic heterocycles. The van der Waals surface area contributed by atoms with E-state index in [9.17, 15) is 0 Å². The van der Waals surface area contributed by atoms with Gasteiger partial charge in [-0.3, -0.25) is 0 Å². The summed E-state index contributed by atoms with van der Waals surface area (Å²) in [6, 6.07) is 0. The smallest absolute Gasteiger partial charge is 0.0150 e. The van der Waals surface area contributed by atoms with Gasteiger partial charge in [-0.15, -0.1) is 0 Å². The van der Waals surface area contributed by atoms with E-state index in [1.54, 1.807) is 0 Å². The molecule has 0 bridgehead atoms. The van der Waals surface area contributed by atoms with Crippen molar-refractivity contribution in [2.75, 3.05) is 0 Å². The molecule has 0 saturated carbocycles. The summed E-state index contributed by atoms with van der Waals surface area (Å²) < 4.78 is 0.160. The van der Waals surface area contributed by atoms with Crippen LogP contribution in [0.2, 0.25) is 0 Å². The van der Waals surface area contributed by atoms with Gasteiger partial charge in [0.15, 0.2) is 0 Å². The van der Waals surface area contributed by atoms with E-state index in [4.69, 9.17) is 12.6 Å². The first-order valence-corrected chi connectivity index (χ1v) is 5.74. The lowest BCUT2D eigenvalue weighted by atomic mass is 9.76. The van der Waals surface area contributed by atoms with E-state index in [2.05, 4.69) is 48.5 Å². The first kappa shape index (κ1) is 13.4. The predicted octanol–water partition coefficient (Wildman–Crippen LogP) is 4.40. The highest BCUT2D eigenvalue weighted by Crippen LogP contribution is 2.38. The predicted molar refractivity (Wildman–Crippen MR) is 65.5 cm³/mol. The molecular formula is C12H26S. The Morgan fingerprint density at radius 2 is 1.38 bits per heavy atom. The van der Waals surface area contributed by atoms with Crippen LogP contribution in [0.25, 0.3) is 0 Å². The van der Waals surface area contributed by atoms with E-state index >= 15 is 0 Å². The number of hydrogen-bond acceptors (Lipinski definition) is 1. The van der Waals surface area contributed by atoms with E-state index in [0.29, 0.717) is 17.3 Å². The van der Waals surface area contributed by atoms with Crippen molar-refractivity contribution in [2.45, 2.75) is 59.6 Å². The lowest BCUT2D eigenvalue weighted by molar-refractivity contribution is 0.238. The molecule has 0 amide bonds. The van der Waals surface area contributed by atoms with Gasteiger partial charge in [0.1, 0.15) is 0 Å². The van der Waals surface area contributed by atoms with E-state index in [-0.39, 0.29) is 4.75 Å². The molecule has 0 aromatic carbocycles.